The van der Waals surface area contributed by atoms with Crippen LogP contribution in [0, 0.1) is 5.82 Å². The largest absolute Gasteiger partial charge is 0.288 e. The summed E-state index contributed by atoms with van der Waals surface area (Å²) in [4.78, 5) is 13.2. The highest BCUT2D eigenvalue weighted by atomic mass is 19.1. The lowest BCUT2D eigenvalue weighted by Crippen LogP contribution is -2.15. The number of hydrogen-bond acceptors (Lipinski definition) is 4. The van der Waals surface area contributed by atoms with Crippen molar-refractivity contribution in [2.75, 3.05) is 5.32 Å². The van der Waals surface area contributed by atoms with E-state index < -0.39 is 11.7 Å². The van der Waals surface area contributed by atoms with Crippen LogP contribution in [-0.4, -0.2) is 26.1 Å². The second kappa shape index (κ2) is 6.03. The topological polar surface area (TPSA) is 72.7 Å². The van der Waals surface area contributed by atoms with Gasteiger partial charge in [0.05, 0.1) is 12.1 Å². The van der Waals surface area contributed by atoms with Crippen LogP contribution in [-0.2, 0) is 6.54 Å². The van der Waals surface area contributed by atoms with Crippen molar-refractivity contribution in [1.82, 2.24) is 20.2 Å². The third kappa shape index (κ3) is 3.34. The molecule has 0 atom stereocenters. The number of rotatable bonds is 5. The fraction of sp³-hybridized carbons (Fsp3) is 0.333. The van der Waals surface area contributed by atoms with Gasteiger partial charge in [-0.05, 0) is 23.8 Å². The molecule has 0 bridgehead atoms. The highest BCUT2D eigenvalue weighted by Gasteiger charge is 2.13. The number of nitrogens with one attached hydrogen (secondary N) is 1. The first kappa shape index (κ1) is 13.1. The van der Waals surface area contributed by atoms with Gasteiger partial charge < -0.3 is 0 Å². The Morgan fingerprint density at radius 3 is 2.95 bits per heavy atom. The lowest BCUT2D eigenvalue weighted by Gasteiger charge is -2.01. The molecule has 0 aliphatic carbocycles. The number of nitrogens with zero attached hydrogens (tertiary/aromatic N) is 4. The molecule has 7 heteroatoms. The highest BCUT2D eigenvalue weighted by Crippen LogP contribution is 2.08. The van der Waals surface area contributed by atoms with Crippen LogP contribution in [0.4, 0.5) is 10.3 Å². The third-order valence-corrected chi connectivity index (χ3v) is 2.51. The van der Waals surface area contributed by atoms with Crippen molar-refractivity contribution in [3.8, 4) is 0 Å². The summed E-state index contributed by atoms with van der Waals surface area (Å²) in [6, 6.07) is 5.72. The molecule has 0 saturated carbocycles. The SMILES string of the molecule is CCCCn1nnc(NC(=O)c2ccccc2F)n1. The summed E-state index contributed by atoms with van der Waals surface area (Å²) in [5.41, 5.74) is -0.0487. The lowest BCUT2D eigenvalue weighted by molar-refractivity contribution is 0.102. The molecule has 0 aliphatic heterocycles. The predicted molar refractivity (Wildman–Crippen MR) is 67.1 cm³/mol. The Morgan fingerprint density at radius 2 is 2.21 bits per heavy atom. The number of benzene rings is 1. The molecule has 1 aromatic heterocycles. The van der Waals surface area contributed by atoms with Gasteiger partial charge in [0.2, 0.25) is 0 Å². The monoisotopic (exact) mass is 263 g/mol. The van der Waals surface area contributed by atoms with Crippen molar-refractivity contribution < 1.29 is 9.18 Å². The number of amides is 1. The minimum atomic E-state index is -0.590. The van der Waals surface area contributed by atoms with Crippen molar-refractivity contribution in [3.63, 3.8) is 0 Å². The fourth-order valence-corrected chi connectivity index (χ4v) is 1.50. The molecule has 1 N–H and O–H groups in total. The van der Waals surface area contributed by atoms with Crippen LogP contribution in [0.2, 0.25) is 0 Å². The van der Waals surface area contributed by atoms with Crippen molar-refractivity contribution >= 4 is 11.9 Å². The lowest BCUT2D eigenvalue weighted by atomic mass is 10.2. The van der Waals surface area contributed by atoms with Gasteiger partial charge >= 0.3 is 0 Å². The number of aryl methyl sites for hydroxylation is 1. The van der Waals surface area contributed by atoms with Gasteiger partial charge in [0.1, 0.15) is 5.82 Å². The van der Waals surface area contributed by atoms with E-state index in [0.29, 0.717) is 6.54 Å². The zero-order chi connectivity index (χ0) is 13.7. The Labute approximate surface area is 109 Å². The molecule has 0 fully saturated rings. The Balaban J connectivity index is 2.03. The zero-order valence-corrected chi connectivity index (χ0v) is 10.5. The number of anilines is 1. The molecule has 100 valence electrons. The molecule has 2 aromatic rings. The number of tetrazole rings is 1. The summed E-state index contributed by atoms with van der Waals surface area (Å²) in [5.74, 6) is -1.10. The van der Waals surface area contributed by atoms with Crippen LogP contribution in [0.5, 0.6) is 0 Å². The van der Waals surface area contributed by atoms with Crippen LogP contribution >= 0.6 is 0 Å². The van der Waals surface area contributed by atoms with Gasteiger partial charge in [0.15, 0.2) is 0 Å². The highest BCUT2D eigenvalue weighted by molar-refractivity contribution is 6.03. The fourth-order valence-electron chi connectivity index (χ4n) is 1.50. The van der Waals surface area contributed by atoms with Gasteiger partial charge in [-0.2, -0.15) is 4.80 Å². The molecular formula is C12H14FN5O. The molecule has 1 heterocycles. The van der Waals surface area contributed by atoms with Crippen molar-refractivity contribution in [3.05, 3.63) is 35.6 Å². The summed E-state index contributed by atoms with van der Waals surface area (Å²) in [6.07, 6.45) is 1.94. The number of carbonyl (C=O) groups is 1. The first-order chi connectivity index (χ1) is 9.20. The van der Waals surface area contributed by atoms with E-state index in [1.807, 2.05) is 0 Å². The first-order valence-electron chi connectivity index (χ1n) is 6.04. The summed E-state index contributed by atoms with van der Waals surface area (Å²) in [5, 5.41) is 13.9. The number of carbonyl (C=O) groups excluding carboxylic acids is 1. The minimum absolute atomic E-state index is 0.0487. The van der Waals surface area contributed by atoms with E-state index in [2.05, 4.69) is 27.7 Å². The molecule has 0 unspecified atom stereocenters. The molecule has 0 radical (unpaired) electrons. The summed E-state index contributed by atoms with van der Waals surface area (Å²) in [7, 11) is 0. The second-order valence-electron chi connectivity index (χ2n) is 4.00. The third-order valence-electron chi connectivity index (χ3n) is 2.51. The van der Waals surface area contributed by atoms with Crippen molar-refractivity contribution in [1.29, 1.82) is 0 Å². The maximum Gasteiger partial charge on any atom is 0.270 e. The number of hydrogen-bond donors (Lipinski definition) is 1. The van der Waals surface area contributed by atoms with E-state index in [1.165, 1.54) is 23.0 Å². The summed E-state index contributed by atoms with van der Waals surface area (Å²) >= 11 is 0. The summed E-state index contributed by atoms with van der Waals surface area (Å²) in [6.45, 7) is 2.69. The Morgan fingerprint density at radius 1 is 1.42 bits per heavy atom. The van der Waals surface area contributed by atoms with Crippen LogP contribution in [0.3, 0.4) is 0 Å². The van der Waals surface area contributed by atoms with Gasteiger partial charge in [-0.3, -0.25) is 10.1 Å². The molecule has 1 aromatic carbocycles. The zero-order valence-electron chi connectivity index (χ0n) is 10.5. The van der Waals surface area contributed by atoms with Gasteiger partial charge in [-0.1, -0.05) is 30.6 Å². The van der Waals surface area contributed by atoms with Crippen LogP contribution in [0.25, 0.3) is 0 Å². The van der Waals surface area contributed by atoms with Crippen LogP contribution in [0.15, 0.2) is 24.3 Å². The minimum Gasteiger partial charge on any atom is -0.288 e. The van der Waals surface area contributed by atoms with E-state index in [-0.39, 0.29) is 11.5 Å². The smallest absolute Gasteiger partial charge is 0.270 e. The second-order valence-corrected chi connectivity index (χ2v) is 4.00. The number of aromatic nitrogens is 4. The number of unbranched alkanes of at least 4 members (excludes halogenated alkanes) is 1. The van der Waals surface area contributed by atoms with Crippen LogP contribution in [0.1, 0.15) is 30.1 Å². The van der Waals surface area contributed by atoms with Crippen molar-refractivity contribution in [2.24, 2.45) is 0 Å². The standard InChI is InChI=1S/C12H14FN5O/c1-2-3-8-18-16-12(15-17-18)14-11(19)9-6-4-5-7-10(9)13/h4-7H,2-3,8H2,1H3,(H,14,16,19). The average Bonchev–Trinajstić information content (AvgIpc) is 2.84. The molecule has 6 nitrogen and oxygen atoms in total. The van der Waals surface area contributed by atoms with E-state index in [1.54, 1.807) is 6.07 Å². The Bertz CT molecular complexity index is 569. The van der Waals surface area contributed by atoms with Crippen molar-refractivity contribution in [2.45, 2.75) is 26.3 Å². The molecule has 19 heavy (non-hydrogen) atoms. The van der Waals surface area contributed by atoms with E-state index in [9.17, 15) is 9.18 Å². The maximum atomic E-state index is 13.4. The van der Waals surface area contributed by atoms with Crippen LogP contribution < -0.4 is 5.32 Å². The van der Waals surface area contributed by atoms with Gasteiger partial charge in [-0.25, -0.2) is 4.39 Å². The predicted octanol–water partition coefficient (Wildman–Crippen LogP) is 1.86. The average molecular weight is 263 g/mol. The van der Waals surface area contributed by atoms with E-state index >= 15 is 0 Å². The molecular weight excluding hydrogens is 249 g/mol. The molecule has 0 spiro atoms. The molecule has 2 rings (SSSR count). The first-order valence-corrected chi connectivity index (χ1v) is 6.04. The molecule has 0 aliphatic rings. The number of halogens is 1. The van der Waals surface area contributed by atoms with Gasteiger partial charge in [-0.15, -0.1) is 5.10 Å². The Hall–Kier alpha value is -2.31. The van der Waals surface area contributed by atoms with Gasteiger partial charge in [0.25, 0.3) is 11.9 Å². The summed E-state index contributed by atoms with van der Waals surface area (Å²) < 4.78 is 13.4. The Kier molecular flexibility index (Phi) is 4.17. The molecule has 1 amide bonds. The van der Waals surface area contributed by atoms with Gasteiger partial charge in [0, 0.05) is 0 Å². The van der Waals surface area contributed by atoms with E-state index in [0.717, 1.165) is 12.8 Å². The molecule has 0 saturated heterocycles. The quantitative estimate of drug-likeness (QED) is 0.893. The maximum absolute atomic E-state index is 13.4. The van der Waals surface area contributed by atoms with E-state index in [4.69, 9.17) is 0 Å². The normalized spacial score (nSPS) is 10.4.